The van der Waals surface area contributed by atoms with Crippen LogP contribution in [-0.2, 0) is 14.1 Å². The highest BCUT2D eigenvalue weighted by molar-refractivity contribution is 5.53. The number of nitrogens with zero attached hydrogens (tertiary/aromatic N) is 4. The summed E-state index contributed by atoms with van der Waals surface area (Å²) >= 11 is 0. The van der Waals surface area contributed by atoms with E-state index in [9.17, 15) is 14.9 Å². The van der Waals surface area contributed by atoms with Crippen LogP contribution < -0.4 is 16.1 Å². The molecule has 0 atom stereocenters. The molecule has 0 aromatic carbocycles. The van der Waals surface area contributed by atoms with Gasteiger partial charge < -0.3 is 4.90 Å². The maximum absolute atomic E-state index is 12.2. The van der Waals surface area contributed by atoms with Crippen LogP contribution in [0.4, 0.5) is 5.82 Å². The Bertz CT molecular complexity index is 737. The van der Waals surface area contributed by atoms with Gasteiger partial charge in [-0.05, 0) is 31.1 Å². The quantitative estimate of drug-likeness (QED) is 0.779. The van der Waals surface area contributed by atoms with Gasteiger partial charge in [0, 0.05) is 27.2 Å². The third kappa shape index (κ3) is 2.16. The zero-order valence-electron chi connectivity index (χ0n) is 13.3. The van der Waals surface area contributed by atoms with E-state index >= 15 is 0 Å². The van der Waals surface area contributed by atoms with E-state index in [1.54, 1.807) is 7.05 Å². The minimum Gasteiger partial charge on any atom is -0.357 e. The summed E-state index contributed by atoms with van der Waals surface area (Å²) in [4.78, 5) is 26.4. The van der Waals surface area contributed by atoms with Crippen molar-refractivity contribution in [3.05, 3.63) is 26.4 Å². The molecular weight excluding hydrogens is 280 g/mol. The van der Waals surface area contributed by atoms with Crippen LogP contribution in [0.2, 0.25) is 0 Å². The molecule has 2 aliphatic rings. The summed E-state index contributed by atoms with van der Waals surface area (Å²) in [5, 5.41) is 9.37. The smallest absolute Gasteiger partial charge is 0.332 e. The molecule has 0 unspecified atom stereocenters. The third-order valence-corrected chi connectivity index (χ3v) is 5.53. The zero-order valence-corrected chi connectivity index (χ0v) is 13.3. The first kappa shape index (κ1) is 14.9. The molecule has 1 aliphatic carbocycles. The van der Waals surface area contributed by atoms with Crippen molar-refractivity contribution in [3.8, 4) is 6.07 Å². The largest absolute Gasteiger partial charge is 0.357 e. The zero-order chi connectivity index (χ0) is 15.9. The Morgan fingerprint density at radius 3 is 2.14 bits per heavy atom. The fourth-order valence-electron chi connectivity index (χ4n) is 4.12. The van der Waals surface area contributed by atoms with Crippen molar-refractivity contribution < 1.29 is 0 Å². The van der Waals surface area contributed by atoms with Crippen LogP contribution in [-0.4, -0.2) is 22.2 Å². The molecule has 0 bridgehead atoms. The number of piperidine rings is 1. The van der Waals surface area contributed by atoms with Gasteiger partial charge in [0.05, 0.1) is 0 Å². The van der Waals surface area contributed by atoms with Gasteiger partial charge in [0.15, 0.2) is 5.56 Å². The molecule has 2 fully saturated rings. The second-order valence-corrected chi connectivity index (χ2v) is 6.71. The standard InChI is InChI=1S/C16H22N4O2/c1-18-13(12(11-17)14(21)19(2)15(18)22)20-9-7-16(8-10-20)5-3-4-6-16/h3-10H2,1-2H3. The van der Waals surface area contributed by atoms with Crippen LogP contribution in [0.3, 0.4) is 0 Å². The predicted molar refractivity (Wildman–Crippen MR) is 84.0 cm³/mol. The molecule has 6 nitrogen and oxygen atoms in total. The predicted octanol–water partition coefficient (Wildman–Crippen LogP) is 1.12. The monoisotopic (exact) mass is 302 g/mol. The highest BCUT2D eigenvalue weighted by Gasteiger charge is 2.38. The van der Waals surface area contributed by atoms with Crippen molar-refractivity contribution in [2.75, 3.05) is 18.0 Å². The highest BCUT2D eigenvalue weighted by Crippen LogP contribution is 2.46. The topological polar surface area (TPSA) is 71.0 Å². The van der Waals surface area contributed by atoms with Crippen molar-refractivity contribution in [1.29, 1.82) is 5.26 Å². The van der Waals surface area contributed by atoms with Gasteiger partial charge in [-0.25, -0.2) is 4.79 Å². The normalized spacial score (nSPS) is 20.3. The minimum absolute atomic E-state index is 0.0759. The summed E-state index contributed by atoms with van der Waals surface area (Å²) in [6, 6.07) is 2.00. The molecule has 1 saturated carbocycles. The molecule has 0 radical (unpaired) electrons. The molecule has 2 heterocycles. The minimum atomic E-state index is -0.498. The van der Waals surface area contributed by atoms with Gasteiger partial charge in [-0.3, -0.25) is 13.9 Å². The number of nitriles is 1. The molecule has 0 amide bonds. The highest BCUT2D eigenvalue weighted by atomic mass is 16.2. The van der Waals surface area contributed by atoms with E-state index in [0.717, 1.165) is 30.5 Å². The van der Waals surface area contributed by atoms with E-state index in [0.29, 0.717) is 11.2 Å². The summed E-state index contributed by atoms with van der Waals surface area (Å²) in [5.74, 6) is 0.489. The Morgan fingerprint density at radius 1 is 1.00 bits per heavy atom. The van der Waals surface area contributed by atoms with E-state index in [1.165, 1.54) is 37.3 Å². The van der Waals surface area contributed by atoms with Crippen molar-refractivity contribution in [2.45, 2.75) is 38.5 Å². The van der Waals surface area contributed by atoms with E-state index < -0.39 is 5.56 Å². The van der Waals surface area contributed by atoms with Gasteiger partial charge in [0.2, 0.25) is 0 Å². The van der Waals surface area contributed by atoms with Crippen LogP contribution in [0.1, 0.15) is 44.1 Å². The number of anilines is 1. The van der Waals surface area contributed by atoms with Gasteiger partial charge in [-0.2, -0.15) is 5.26 Å². The summed E-state index contributed by atoms with van der Waals surface area (Å²) < 4.78 is 2.44. The molecule has 118 valence electrons. The average molecular weight is 302 g/mol. The van der Waals surface area contributed by atoms with E-state index in [-0.39, 0.29) is 11.3 Å². The molecule has 1 aliphatic heterocycles. The average Bonchev–Trinajstić information content (AvgIpc) is 2.98. The van der Waals surface area contributed by atoms with E-state index in [4.69, 9.17) is 0 Å². The number of hydrogen-bond donors (Lipinski definition) is 0. The van der Waals surface area contributed by atoms with Crippen LogP contribution in [0, 0.1) is 16.7 Å². The number of rotatable bonds is 1. The van der Waals surface area contributed by atoms with Crippen molar-refractivity contribution >= 4 is 5.82 Å². The summed E-state index contributed by atoms with van der Waals surface area (Å²) in [5.41, 5.74) is -0.337. The lowest BCUT2D eigenvalue weighted by molar-refractivity contribution is 0.225. The molecule has 1 saturated heterocycles. The Balaban J connectivity index is 1.98. The third-order valence-electron chi connectivity index (χ3n) is 5.53. The van der Waals surface area contributed by atoms with Gasteiger partial charge in [0.1, 0.15) is 11.9 Å². The molecule has 3 rings (SSSR count). The number of hydrogen-bond acceptors (Lipinski definition) is 4. The first-order valence-corrected chi connectivity index (χ1v) is 7.94. The van der Waals surface area contributed by atoms with Gasteiger partial charge in [0.25, 0.3) is 5.56 Å². The SMILES string of the molecule is Cn1c(N2CCC3(CCCC3)CC2)c(C#N)c(=O)n(C)c1=O. The fraction of sp³-hybridized carbons (Fsp3) is 0.688. The molecule has 0 N–H and O–H groups in total. The summed E-state index contributed by atoms with van der Waals surface area (Å²) in [7, 11) is 3.05. The molecular formula is C16H22N4O2. The van der Waals surface area contributed by atoms with Gasteiger partial charge in [-0.15, -0.1) is 0 Å². The van der Waals surface area contributed by atoms with Crippen molar-refractivity contribution in [2.24, 2.45) is 19.5 Å². The maximum Gasteiger partial charge on any atom is 0.332 e. The van der Waals surface area contributed by atoms with Gasteiger partial charge in [-0.1, -0.05) is 12.8 Å². The van der Waals surface area contributed by atoms with E-state index in [2.05, 4.69) is 0 Å². The van der Waals surface area contributed by atoms with Gasteiger partial charge >= 0.3 is 5.69 Å². The Labute approximate surface area is 129 Å². The van der Waals surface area contributed by atoms with E-state index in [1.807, 2.05) is 11.0 Å². The molecule has 1 spiro atoms. The molecule has 1 aromatic rings. The van der Waals surface area contributed by atoms with Crippen LogP contribution in [0.5, 0.6) is 0 Å². The van der Waals surface area contributed by atoms with Crippen LogP contribution in [0.15, 0.2) is 9.59 Å². The molecule has 6 heteroatoms. The number of aromatic nitrogens is 2. The molecule has 1 aromatic heterocycles. The lowest BCUT2D eigenvalue weighted by atomic mass is 9.77. The fourth-order valence-corrected chi connectivity index (χ4v) is 4.12. The van der Waals surface area contributed by atoms with Crippen molar-refractivity contribution in [3.63, 3.8) is 0 Å². The Hall–Kier alpha value is -2.03. The Kier molecular flexibility index (Phi) is 3.59. The lowest BCUT2D eigenvalue weighted by Gasteiger charge is -2.41. The maximum atomic E-state index is 12.2. The summed E-state index contributed by atoms with van der Waals surface area (Å²) in [6.45, 7) is 1.63. The first-order chi connectivity index (χ1) is 10.5. The Morgan fingerprint density at radius 2 is 1.59 bits per heavy atom. The van der Waals surface area contributed by atoms with Crippen LogP contribution >= 0.6 is 0 Å². The molecule has 22 heavy (non-hydrogen) atoms. The van der Waals surface area contributed by atoms with Crippen molar-refractivity contribution in [1.82, 2.24) is 9.13 Å². The first-order valence-electron chi connectivity index (χ1n) is 7.94. The lowest BCUT2D eigenvalue weighted by Crippen LogP contribution is -2.46. The van der Waals surface area contributed by atoms with Crippen LogP contribution in [0.25, 0.3) is 0 Å². The second-order valence-electron chi connectivity index (χ2n) is 6.71. The second kappa shape index (κ2) is 5.31. The summed E-state index contributed by atoms with van der Waals surface area (Å²) in [6.07, 6.45) is 7.38.